The van der Waals surface area contributed by atoms with Crippen LogP contribution in [0.1, 0.15) is 37.4 Å². The normalized spacial score (nSPS) is 12.7. The average Bonchev–Trinajstić information content (AvgIpc) is 2.51. The highest BCUT2D eigenvalue weighted by Crippen LogP contribution is 2.45. The molecule has 6 nitrogen and oxygen atoms in total. The van der Waals surface area contributed by atoms with Gasteiger partial charge in [0.25, 0.3) is 0 Å². The van der Waals surface area contributed by atoms with Crippen LogP contribution in [0.4, 0.5) is 0 Å². The predicted octanol–water partition coefficient (Wildman–Crippen LogP) is 2.20. The van der Waals surface area contributed by atoms with Crippen LogP contribution in [0, 0.1) is 6.92 Å². The summed E-state index contributed by atoms with van der Waals surface area (Å²) in [6.07, 6.45) is 0. The topological polar surface area (TPSA) is 93.1 Å². The van der Waals surface area contributed by atoms with Crippen molar-refractivity contribution >= 4 is 11.6 Å². The highest BCUT2D eigenvalue weighted by Gasteiger charge is 2.37. The van der Waals surface area contributed by atoms with Crippen molar-refractivity contribution in [3.8, 4) is 23.0 Å². The Kier molecular flexibility index (Phi) is 3.25. The molecule has 0 saturated heterocycles. The second-order valence-electron chi connectivity index (χ2n) is 5.25. The van der Waals surface area contributed by atoms with Crippen LogP contribution in [0.5, 0.6) is 23.0 Å². The van der Waals surface area contributed by atoms with Crippen molar-refractivity contribution in [2.75, 3.05) is 14.2 Å². The minimum absolute atomic E-state index is 0.0639. The Hall–Kier alpha value is -3.02. The zero-order valence-electron chi connectivity index (χ0n) is 12.8. The minimum Gasteiger partial charge on any atom is -0.504 e. The second kappa shape index (κ2) is 5.01. The van der Waals surface area contributed by atoms with Gasteiger partial charge in [-0.25, -0.2) is 0 Å². The molecule has 118 valence electrons. The van der Waals surface area contributed by atoms with Gasteiger partial charge in [0.2, 0.25) is 11.5 Å². The SMILES string of the molecule is COc1cc(C)cc2c1C(=O)c1c(cc(O)c(OC)c1O)C2=O. The number of ether oxygens (including phenoxy) is 2. The number of carbonyl (C=O) groups excluding carboxylic acids is 2. The molecular weight excluding hydrogens is 300 g/mol. The van der Waals surface area contributed by atoms with Gasteiger partial charge in [-0.2, -0.15) is 0 Å². The molecule has 3 rings (SSSR count). The molecule has 23 heavy (non-hydrogen) atoms. The molecule has 0 fully saturated rings. The van der Waals surface area contributed by atoms with E-state index in [1.54, 1.807) is 19.1 Å². The maximum atomic E-state index is 12.8. The van der Waals surface area contributed by atoms with Gasteiger partial charge in [0.15, 0.2) is 17.3 Å². The van der Waals surface area contributed by atoms with E-state index in [1.165, 1.54) is 14.2 Å². The quantitative estimate of drug-likeness (QED) is 0.753. The van der Waals surface area contributed by atoms with E-state index in [0.29, 0.717) is 0 Å². The average molecular weight is 314 g/mol. The van der Waals surface area contributed by atoms with E-state index >= 15 is 0 Å². The van der Waals surface area contributed by atoms with E-state index in [2.05, 4.69) is 0 Å². The zero-order chi connectivity index (χ0) is 16.9. The van der Waals surface area contributed by atoms with Crippen molar-refractivity contribution in [2.24, 2.45) is 0 Å². The van der Waals surface area contributed by atoms with E-state index in [-0.39, 0.29) is 33.8 Å². The monoisotopic (exact) mass is 314 g/mol. The molecule has 1 aliphatic rings. The Morgan fingerprint density at radius 2 is 1.52 bits per heavy atom. The van der Waals surface area contributed by atoms with Gasteiger partial charge in [0.05, 0.1) is 25.3 Å². The summed E-state index contributed by atoms with van der Waals surface area (Å²) in [5.74, 6) is -1.98. The summed E-state index contributed by atoms with van der Waals surface area (Å²) in [6, 6.07) is 4.36. The van der Waals surface area contributed by atoms with Crippen LogP contribution >= 0.6 is 0 Å². The Balaban J connectivity index is 2.38. The first-order valence-corrected chi connectivity index (χ1v) is 6.81. The summed E-state index contributed by atoms with van der Waals surface area (Å²) >= 11 is 0. The molecule has 0 unspecified atom stereocenters. The van der Waals surface area contributed by atoms with Gasteiger partial charge in [0.1, 0.15) is 5.75 Å². The number of aryl methyl sites for hydroxylation is 1. The molecule has 0 heterocycles. The van der Waals surface area contributed by atoms with E-state index in [4.69, 9.17) is 9.47 Å². The van der Waals surface area contributed by atoms with Gasteiger partial charge in [-0.15, -0.1) is 0 Å². The van der Waals surface area contributed by atoms with Crippen LogP contribution < -0.4 is 9.47 Å². The molecule has 0 bridgehead atoms. The third-order valence-corrected chi connectivity index (χ3v) is 3.85. The van der Waals surface area contributed by atoms with E-state index < -0.39 is 23.1 Å². The fraction of sp³-hybridized carbons (Fsp3) is 0.176. The van der Waals surface area contributed by atoms with Gasteiger partial charge in [-0.3, -0.25) is 9.59 Å². The zero-order valence-corrected chi connectivity index (χ0v) is 12.8. The molecule has 2 N–H and O–H groups in total. The molecule has 0 amide bonds. The van der Waals surface area contributed by atoms with E-state index in [0.717, 1.165) is 11.6 Å². The summed E-state index contributed by atoms with van der Waals surface area (Å²) in [4.78, 5) is 25.5. The van der Waals surface area contributed by atoms with Crippen molar-refractivity contribution in [3.05, 3.63) is 46.0 Å². The molecule has 2 aromatic rings. The molecule has 0 saturated carbocycles. The molecule has 1 aliphatic carbocycles. The van der Waals surface area contributed by atoms with Crippen LogP contribution in [-0.4, -0.2) is 36.0 Å². The van der Waals surface area contributed by atoms with Gasteiger partial charge < -0.3 is 19.7 Å². The number of rotatable bonds is 2. The molecule has 6 heteroatoms. The van der Waals surface area contributed by atoms with Crippen molar-refractivity contribution in [2.45, 2.75) is 6.92 Å². The molecule has 0 aliphatic heterocycles. The number of phenolic OH excluding ortho intramolecular Hbond substituents is 2. The minimum atomic E-state index is -0.561. The molecule has 0 atom stereocenters. The molecule has 2 aromatic carbocycles. The lowest BCUT2D eigenvalue weighted by Gasteiger charge is -2.22. The summed E-state index contributed by atoms with van der Waals surface area (Å²) in [5.41, 5.74) is 0.777. The molecule has 0 radical (unpaired) electrons. The van der Waals surface area contributed by atoms with Crippen LogP contribution in [0.25, 0.3) is 0 Å². The lowest BCUT2D eigenvalue weighted by atomic mass is 9.82. The number of phenols is 2. The largest absolute Gasteiger partial charge is 0.504 e. The highest BCUT2D eigenvalue weighted by molar-refractivity contribution is 6.30. The molecule has 0 aromatic heterocycles. The Morgan fingerprint density at radius 3 is 2.13 bits per heavy atom. The van der Waals surface area contributed by atoms with Crippen LogP contribution in [-0.2, 0) is 0 Å². The molecule has 0 spiro atoms. The standard InChI is InChI=1S/C17H14O6/c1-7-4-8-12(11(5-7)22-2)15(20)13-9(14(8)19)6-10(18)17(23-3)16(13)21/h4-6,18,21H,1-3H3. The Bertz CT molecular complexity index is 866. The number of methoxy groups -OCH3 is 2. The predicted molar refractivity (Wildman–Crippen MR) is 80.9 cm³/mol. The fourth-order valence-corrected chi connectivity index (χ4v) is 2.84. The van der Waals surface area contributed by atoms with E-state index in [9.17, 15) is 19.8 Å². The first-order valence-electron chi connectivity index (χ1n) is 6.81. The summed E-state index contributed by atoms with van der Waals surface area (Å²) in [6.45, 7) is 1.78. The number of hydrogen-bond acceptors (Lipinski definition) is 6. The maximum Gasteiger partial charge on any atom is 0.203 e. The van der Waals surface area contributed by atoms with E-state index in [1.807, 2.05) is 0 Å². The van der Waals surface area contributed by atoms with Crippen molar-refractivity contribution in [1.29, 1.82) is 0 Å². The van der Waals surface area contributed by atoms with Gasteiger partial charge >= 0.3 is 0 Å². The number of ketones is 2. The molecular formula is C17H14O6. The number of fused-ring (bicyclic) bond motifs is 2. The Morgan fingerprint density at radius 1 is 0.870 bits per heavy atom. The lowest BCUT2D eigenvalue weighted by Crippen LogP contribution is -2.22. The Labute approximate surface area is 131 Å². The van der Waals surface area contributed by atoms with Crippen LogP contribution in [0.15, 0.2) is 18.2 Å². The number of hydrogen-bond donors (Lipinski definition) is 2. The summed E-state index contributed by atoms with van der Waals surface area (Å²) < 4.78 is 10.1. The fourth-order valence-electron chi connectivity index (χ4n) is 2.84. The summed E-state index contributed by atoms with van der Waals surface area (Å²) in [5, 5.41) is 20.1. The summed E-state index contributed by atoms with van der Waals surface area (Å²) in [7, 11) is 2.65. The first kappa shape index (κ1) is 14.9. The lowest BCUT2D eigenvalue weighted by molar-refractivity contribution is 0.0973. The van der Waals surface area contributed by atoms with Gasteiger partial charge in [0, 0.05) is 11.1 Å². The van der Waals surface area contributed by atoms with Crippen molar-refractivity contribution in [3.63, 3.8) is 0 Å². The maximum absolute atomic E-state index is 12.8. The van der Waals surface area contributed by atoms with Gasteiger partial charge in [-0.05, 0) is 30.7 Å². The van der Waals surface area contributed by atoms with Gasteiger partial charge in [-0.1, -0.05) is 0 Å². The van der Waals surface area contributed by atoms with Crippen LogP contribution in [0.2, 0.25) is 0 Å². The van der Waals surface area contributed by atoms with Crippen molar-refractivity contribution in [1.82, 2.24) is 0 Å². The van der Waals surface area contributed by atoms with Crippen molar-refractivity contribution < 1.29 is 29.3 Å². The number of aromatic hydroxyl groups is 2. The third-order valence-electron chi connectivity index (χ3n) is 3.85. The number of benzene rings is 2. The highest BCUT2D eigenvalue weighted by atomic mass is 16.5. The smallest absolute Gasteiger partial charge is 0.203 e. The number of carbonyl (C=O) groups is 2. The second-order valence-corrected chi connectivity index (χ2v) is 5.25. The third kappa shape index (κ3) is 1.95. The first-order chi connectivity index (χ1) is 10.9. The van der Waals surface area contributed by atoms with Crippen LogP contribution in [0.3, 0.4) is 0 Å².